The molecule has 4 nitrogen and oxygen atoms in total. The van der Waals surface area contributed by atoms with Crippen molar-refractivity contribution in [3.8, 4) is 0 Å². The molecule has 90 valence electrons. The number of nitrogens with two attached hydrogens (primary N) is 1. The summed E-state index contributed by atoms with van der Waals surface area (Å²) in [6.45, 7) is 3.56. The molecule has 0 aliphatic carbocycles. The van der Waals surface area contributed by atoms with Crippen molar-refractivity contribution < 1.29 is 9.90 Å². The van der Waals surface area contributed by atoms with Gasteiger partial charge in [0.2, 0.25) is 0 Å². The molecule has 0 aliphatic heterocycles. The fourth-order valence-corrected chi connectivity index (χ4v) is 2.09. The van der Waals surface area contributed by atoms with Crippen LogP contribution in [0.15, 0.2) is 24.3 Å². The van der Waals surface area contributed by atoms with Crippen molar-refractivity contribution in [2.24, 2.45) is 5.73 Å². The van der Waals surface area contributed by atoms with E-state index in [1.165, 1.54) is 0 Å². The van der Waals surface area contributed by atoms with Gasteiger partial charge in [-0.15, -0.1) is 0 Å². The lowest BCUT2D eigenvalue weighted by molar-refractivity contribution is 0.0697. The molecule has 0 spiro atoms. The minimum Gasteiger partial charge on any atom is -0.478 e. The second-order valence-corrected chi connectivity index (χ2v) is 4.16. The van der Waals surface area contributed by atoms with Gasteiger partial charge in [-0.25, -0.2) is 4.79 Å². The second-order valence-electron chi connectivity index (χ2n) is 4.16. The Morgan fingerprint density at radius 3 is 2.82 bits per heavy atom. The van der Waals surface area contributed by atoms with Crippen molar-refractivity contribution in [2.75, 3.05) is 6.54 Å². The summed E-state index contributed by atoms with van der Waals surface area (Å²) in [4.78, 5) is 10.9. The fraction of sp³-hybridized carbons (Fsp3) is 0.308. The number of aryl methyl sites for hydroxylation is 2. The van der Waals surface area contributed by atoms with E-state index < -0.39 is 5.97 Å². The summed E-state index contributed by atoms with van der Waals surface area (Å²) in [5.41, 5.74) is 8.04. The van der Waals surface area contributed by atoms with Gasteiger partial charge in [-0.3, -0.25) is 0 Å². The first-order valence-corrected chi connectivity index (χ1v) is 5.66. The second kappa shape index (κ2) is 4.59. The van der Waals surface area contributed by atoms with Gasteiger partial charge in [0, 0.05) is 23.1 Å². The van der Waals surface area contributed by atoms with E-state index in [9.17, 15) is 4.79 Å². The van der Waals surface area contributed by atoms with E-state index in [-0.39, 0.29) is 0 Å². The van der Waals surface area contributed by atoms with Crippen molar-refractivity contribution >= 4 is 16.9 Å². The molecule has 0 radical (unpaired) electrons. The van der Waals surface area contributed by atoms with E-state index in [4.69, 9.17) is 10.8 Å². The maximum Gasteiger partial charge on any atom is 0.335 e. The zero-order chi connectivity index (χ0) is 12.4. The molecular weight excluding hydrogens is 216 g/mol. The minimum atomic E-state index is -0.890. The van der Waals surface area contributed by atoms with Gasteiger partial charge < -0.3 is 15.4 Å². The first kappa shape index (κ1) is 11.7. The molecule has 1 aromatic heterocycles. The summed E-state index contributed by atoms with van der Waals surface area (Å²) in [6.07, 6.45) is 0.922. The van der Waals surface area contributed by atoms with E-state index in [1.807, 2.05) is 19.1 Å². The van der Waals surface area contributed by atoms with Gasteiger partial charge in [-0.2, -0.15) is 0 Å². The fourth-order valence-electron chi connectivity index (χ4n) is 2.09. The van der Waals surface area contributed by atoms with Crippen LogP contribution in [0, 0.1) is 6.92 Å². The number of fused-ring (bicyclic) bond motifs is 1. The molecule has 4 heteroatoms. The Morgan fingerprint density at radius 2 is 2.18 bits per heavy atom. The molecule has 0 fully saturated rings. The monoisotopic (exact) mass is 232 g/mol. The van der Waals surface area contributed by atoms with Crippen molar-refractivity contribution in [3.05, 3.63) is 35.5 Å². The van der Waals surface area contributed by atoms with Gasteiger partial charge in [-0.05, 0) is 44.2 Å². The van der Waals surface area contributed by atoms with Crippen LogP contribution in [0.3, 0.4) is 0 Å². The summed E-state index contributed by atoms with van der Waals surface area (Å²) in [5, 5.41) is 9.91. The number of rotatable bonds is 4. The zero-order valence-electron chi connectivity index (χ0n) is 9.81. The van der Waals surface area contributed by atoms with Gasteiger partial charge in [0.05, 0.1) is 5.56 Å². The van der Waals surface area contributed by atoms with Crippen LogP contribution in [-0.2, 0) is 6.54 Å². The lowest BCUT2D eigenvalue weighted by Crippen LogP contribution is -2.06. The molecule has 1 heterocycles. The maximum atomic E-state index is 10.9. The maximum absolute atomic E-state index is 10.9. The molecule has 0 unspecified atom stereocenters. The smallest absolute Gasteiger partial charge is 0.335 e. The lowest BCUT2D eigenvalue weighted by atomic mass is 10.1. The van der Waals surface area contributed by atoms with Crippen molar-refractivity contribution in [3.63, 3.8) is 0 Å². The Hall–Kier alpha value is -1.81. The largest absolute Gasteiger partial charge is 0.478 e. The number of hydrogen-bond acceptors (Lipinski definition) is 2. The first-order chi connectivity index (χ1) is 8.13. The average molecular weight is 232 g/mol. The van der Waals surface area contributed by atoms with E-state index in [0.717, 1.165) is 29.6 Å². The van der Waals surface area contributed by atoms with Crippen LogP contribution in [0.2, 0.25) is 0 Å². The molecule has 0 aliphatic rings. The van der Waals surface area contributed by atoms with E-state index >= 15 is 0 Å². The van der Waals surface area contributed by atoms with Crippen molar-refractivity contribution in [1.82, 2.24) is 4.57 Å². The Kier molecular flexibility index (Phi) is 3.15. The number of aromatic carboxylic acids is 1. The van der Waals surface area contributed by atoms with Crippen molar-refractivity contribution in [1.29, 1.82) is 0 Å². The lowest BCUT2D eigenvalue weighted by Gasteiger charge is -2.07. The molecular formula is C13H16N2O2. The Labute approximate surface area is 99.7 Å². The van der Waals surface area contributed by atoms with Crippen LogP contribution in [0.4, 0.5) is 0 Å². The Bertz CT molecular complexity index is 558. The average Bonchev–Trinajstić information content (AvgIpc) is 2.61. The van der Waals surface area contributed by atoms with Crippen molar-refractivity contribution in [2.45, 2.75) is 19.9 Å². The standard InChI is InChI=1S/C13H16N2O2/c1-9-7-11-8-10(13(16)17)3-4-12(11)15(9)6-2-5-14/h3-4,7-8H,2,5-6,14H2,1H3,(H,16,17). The van der Waals surface area contributed by atoms with Gasteiger partial charge >= 0.3 is 5.97 Å². The molecule has 0 saturated carbocycles. The highest BCUT2D eigenvalue weighted by Crippen LogP contribution is 2.21. The van der Waals surface area contributed by atoms with Crippen LogP contribution < -0.4 is 5.73 Å². The molecule has 2 rings (SSSR count). The Balaban J connectivity index is 2.48. The normalized spacial score (nSPS) is 10.9. The first-order valence-electron chi connectivity index (χ1n) is 5.66. The summed E-state index contributed by atoms with van der Waals surface area (Å²) in [5.74, 6) is -0.890. The predicted octanol–water partition coefficient (Wildman–Crippen LogP) is 2.00. The van der Waals surface area contributed by atoms with Gasteiger partial charge in [-0.1, -0.05) is 0 Å². The predicted molar refractivity (Wildman–Crippen MR) is 67.3 cm³/mol. The Morgan fingerprint density at radius 1 is 1.41 bits per heavy atom. The minimum absolute atomic E-state index is 0.327. The zero-order valence-corrected chi connectivity index (χ0v) is 9.81. The molecule has 17 heavy (non-hydrogen) atoms. The van der Waals surface area contributed by atoms with Gasteiger partial charge in [0.1, 0.15) is 0 Å². The molecule has 0 bridgehead atoms. The number of nitrogens with zero attached hydrogens (tertiary/aromatic N) is 1. The number of carboxylic acids is 1. The number of aromatic nitrogens is 1. The summed E-state index contributed by atoms with van der Waals surface area (Å²) in [6, 6.07) is 7.23. The number of carboxylic acid groups (broad SMARTS) is 1. The molecule has 0 saturated heterocycles. The molecule has 2 aromatic rings. The highest BCUT2D eigenvalue weighted by atomic mass is 16.4. The summed E-state index contributed by atoms with van der Waals surface area (Å²) < 4.78 is 2.17. The topological polar surface area (TPSA) is 68.2 Å². The molecule has 3 N–H and O–H groups in total. The third-order valence-electron chi connectivity index (χ3n) is 2.94. The van der Waals surface area contributed by atoms with Gasteiger partial charge in [0.25, 0.3) is 0 Å². The highest BCUT2D eigenvalue weighted by Gasteiger charge is 2.08. The van der Waals surface area contributed by atoms with E-state index in [0.29, 0.717) is 12.1 Å². The molecule has 0 atom stereocenters. The third kappa shape index (κ3) is 2.17. The van der Waals surface area contributed by atoms with Crippen LogP contribution in [0.1, 0.15) is 22.5 Å². The van der Waals surface area contributed by atoms with E-state index in [2.05, 4.69) is 4.57 Å². The quantitative estimate of drug-likeness (QED) is 0.847. The van der Waals surface area contributed by atoms with Crippen LogP contribution in [0.5, 0.6) is 0 Å². The summed E-state index contributed by atoms with van der Waals surface area (Å²) in [7, 11) is 0. The van der Waals surface area contributed by atoms with Crippen LogP contribution in [-0.4, -0.2) is 22.2 Å². The summed E-state index contributed by atoms with van der Waals surface area (Å²) >= 11 is 0. The number of carbonyl (C=O) groups is 1. The SMILES string of the molecule is Cc1cc2cc(C(=O)O)ccc2n1CCCN. The molecule has 0 amide bonds. The third-order valence-corrected chi connectivity index (χ3v) is 2.94. The number of benzene rings is 1. The van der Waals surface area contributed by atoms with Gasteiger partial charge in [0.15, 0.2) is 0 Å². The highest BCUT2D eigenvalue weighted by molar-refractivity contribution is 5.94. The van der Waals surface area contributed by atoms with Crippen LogP contribution in [0.25, 0.3) is 10.9 Å². The molecule has 1 aromatic carbocycles. The van der Waals surface area contributed by atoms with E-state index in [1.54, 1.807) is 12.1 Å². The van der Waals surface area contributed by atoms with Crippen LogP contribution >= 0.6 is 0 Å². The number of hydrogen-bond donors (Lipinski definition) is 2.